The number of anilines is 2. The topological polar surface area (TPSA) is 67.4 Å². The molecule has 0 saturated heterocycles. The second-order valence-electron chi connectivity index (χ2n) is 5.89. The lowest BCUT2D eigenvalue weighted by Gasteiger charge is -2.14. The first-order valence-electron chi connectivity index (χ1n) is 8.77. The molecule has 3 aromatic rings. The fourth-order valence-corrected chi connectivity index (χ4v) is 3.02. The van der Waals surface area contributed by atoms with E-state index in [0.717, 1.165) is 4.47 Å². The lowest BCUT2D eigenvalue weighted by atomic mass is 10.1. The molecule has 0 aliphatic rings. The maximum absolute atomic E-state index is 12.9. The van der Waals surface area contributed by atoms with Crippen LogP contribution in [0.3, 0.4) is 0 Å². The van der Waals surface area contributed by atoms with Crippen LogP contribution in [0.5, 0.6) is 5.75 Å². The van der Waals surface area contributed by atoms with Crippen LogP contribution in [0.4, 0.5) is 11.4 Å². The molecule has 0 radical (unpaired) electrons. The summed E-state index contributed by atoms with van der Waals surface area (Å²) in [7, 11) is 0. The van der Waals surface area contributed by atoms with Crippen molar-refractivity contribution >= 4 is 39.1 Å². The van der Waals surface area contributed by atoms with Gasteiger partial charge in [0.15, 0.2) is 0 Å². The molecule has 2 N–H and O–H groups in total. The number of para-hydroxylation sites is 2. The first-order valence-corrected chi connectivity index (χ1v) is 9.57. The Morgan fingerprint density at radius 2 is 1.54 bits per heavy atom. The van der Waals surface area contributed by atoms with Crippen molar-refractivity contribution in [2.45, 2.75) is 6.92 Å². The standard InChI is InChI=1S/C22H19BrN2O3/c1-2-28-20-13-12-15(23)14-18(20)22(27)25-19-11-7-6-10-17(19)21(26)24-16-8-4-3-5-9-16/h3-14H,2H2,1H3,(H,24,26)(H,25,27). The van der Waals surface area contributed by atoms with Crippen molar-refractivity contribution in [3.63, 3.8) is 0 Å². The molecule has 0 heterocycles. The van der Waals surface area contributed by atoms with Gasteiger partial charge in [0.25, 0.3) is 11.8 Å². The second-order valence-corrected chi connectivity index (χ2v) is 6.81. The molecule has 142 valence electrons. The molecule has 6 heteroatoms. The molecule has 0 saturated carbocycles. The Labute approximate surface area is 171 Å². The number of hydrogen-bond acceptors (Lipinski definition) is 3. The summed E-state index contributed by atoms with van der Waals surface area (Å²) < 4.78 is 6.31. The van der Waals surface area contributed by atoms with Crippen LogP contribution in [0.25, 0.3) is 0 Å². The molecular formula is C22H19BrN2O3. The zero-order valence-corrected chi connectivity index (χ0v) is 16.8. The molecule has 0 aliphatic heterocycles. The number of halogens is 1. The molecule has 0 bridgehead atoms. The van der Waals surface area contributed by atoms with Crippen LogP contribution in [0.15, 0.2) is 77.3 Å². The fourth-order valence-electron chi connectivity index (χ4n) is 2.66. The summed E-state index contributed by atoms with van der Waals surface area (Å²) in [6.07, 6.45) is 0. The minimum atomic E-state index is -0.357. The highest BCUT2D eigenvalue weighted by Crippen LogP contribution is 2.25. The van der Waals surface area contributed by atoms with E-state index in [-0.39, 0.29) is 11.8 Å². The SMILES string of the molecule is CCOc1ccc(Br)cc1C(=O)Nc1ccccc1C(=O)Nc1ccccc1. The predicted octanol–water partition coefficient (Wildman–Crippen LogP) is 5.35. The highest BCUT2D eigenvalue weighted by atomic mass is 79.9. The lowest BCUT2D eigenvalue weighted by Crippen LogP contribution is -2.19. The first kappa shape index (κ1) is 19.6. The molecule has 3 rings (SSSR count). The third kappa shape index (κ3) is 4.78. The van der Waals surface area contributed by atoms with Crippen molar-refractivity contribution in [3.8, 4) is 5.75 Å². The Balaban J connectivity index is 1.85. The van der Waals surface area contributed by atoms with E-state index < -0.39 is 0 Å². The number of hydrogen-bond donors (Lipinski definition) is 2. The average Bonchev–Trinajstić information content (AvgIpc) is 2.70. The van der Waals surface area contributed by atoms with Crippen LogP contribution in [0.2, 0.25) is 0 Å². The fraction of sp³-hybridized carbons (Fsp3) is 0.0909. The van der Waals surface area contributed by atoms with E-state index >= 15 is 0 Å². The van der Waals surface area contributed by atoms with Crippen LogP contribution < -0.4 is 15.4 Å². The van der Waals surface area contributed by atoms with E-state index in [9.17, 15) is 9.59 Å². The number of ether oxygens (including phenoxy) is 1. The third-order valence-electron chi connectivity index (χ3n) is 3.94. The lowest BCUT2D eigenvalue weighted by molar-refractivity contribution is 0.102. The zero-order chi connectivity index (χ0) is 19.9. The van der Waals surface area contributed by atoms with Gasteiger partial charge in [0.05, 0.1) is 23.4 Å². The number of amides is 2. The van der Waals surface area contributed by atoms with Gasteiger partial charge >= 0.3 is 0 Å². The highest BCUT2D eigenvalue weighted by molar-refractivity contribution is 9.10. The number of rotatable bonds is 6. The zero-order valence-electron chi connectivity index (χ0n) is 15.2. The van der Waals surface area contributed by atoms with Crippen LogP contribution in [0.1, 0.15) is 27.6 Å². The summed E-state index contributed by atoms with van der Waals surface area (Å²) in [5.41, 5.74) is 1.85. The largest absolute Gasteiger partial charge is 0.493 e. The van der Waals surface area contributed by atoms with E-state index in [1.54, 1.807) is 48.5 Å². The Bertz CT molecular complexity index is 990. The Morgan fingerprint density at radius 3 is 2.29 bits per heavy atom. The summed E-state index contributed by atoms with van der Waals surface area (Å²) in [6, 6.07) is 21.2. The minimum Gasteiger partial charge on any atom is -0.493 e. The van der Waals surface area contributed by atoms with E-state index in [4.69, 9.17) is 4.74 Å². The normalized spacial score (nSPS) is 10.2. The second kappa shape index (κ2) is 9.19. The van der Waals surface area contributed by atoms with Gasteiger partial charge in [-0.25, -0.2) is 0 Å². The molecule has 2 amide bonds. The van der Waals surface area contributed by atoms with Gasteiger partial charge in [-0.3, -0.25) is 9.59 Å². The molecular weight excluding hydrogens is 420 g/mol. The Hall–Kier alpha value is -3.12. The Kier molecular flexibility index (Phi) is 6.45. The van der Waals surface area contributed by atoms with Crippen molar-refractivity contribution in [1.82, 2.24) is 0 Å². The molecule has 0 aromatic heterocycles. The van der Waals surface area contributed by atoms with Crippen molar-refractivity contribution in [3.05, 3.63) is 88.4 Å². The number of benzene rings is 3. The van der Waals surface area contributed by atoms with Gasteiger partial charge in [0.1, 0.15) is 5.75 Å². The Morgan fingerprint density at radius 1 is 0.857 bits per heavy atom. The molecule has 0 spiro atoms. The van der Waals surface area contributed by atoms with Gasteiger partial charge in [0, 0.05) is 10.2 Å². The summed E-state index contributed by atoms with van der Waals surface area (Å²) in [5.74, 6) is -0.180. The van der Waals surface area contributed by atoms with Crippen LogP contribution in [-0.2, 0) is 0 Å². The smallest absolute Gasteiger partial charge is 0.259 e. The van der Waals surface area contributed by atoms with Crippen LogP contribution in [0, 0.1) is 0 Å². The molecule has 0 atom stereocenters. The summed E-state index contributed by atoms with van der Waals surface area (Å²) in [4.78, 5) is 25.5. The molecule has 28 heavy (non-hydrogen) atoms. The monoisotopic (exact) mass is 438 g/mol. The van der Waals surface area contributed by atoms with Gasteiger partial charge in [-0.15, -0.1) is 0 Å². The first-order chi connectivity index (χ1) is 13.6. The number of nitrogens with one attached hydrogen (secondary N) is 2. The maximum Gasteiger partial charge on any atom is 0.259 e. The van der Waals surface area contributed by atoms with Crippen molar-refractivity contribution in [2.75, 3.05) is 17.2 Å². The molecule has 0 aliphatic carbocycles. The quantitative estimate of drug-likeness (QED) is 0.544. The molecule has 0 unspecified atom stereocenters. The highest BCUT2D eigenvalue weighted by Gasteiger charge is 2.17. The van der Waals surface area contributed by atoms with E-state index in [0.29, 0.717) is 34.9 Å². The van der Waals surface area contributed by atoms with E-state index in [1.165, 1.54) is 0 Å². The van der Waals surface area contributed by atoms with Gasteiger partial charge < -0.3 is 15.4 Å². The summed E-state index contributed by atoms with van der Waals surface area (Å²) in [5, 5.41) is 5.65. The van der Waals surface area contributed by atoms with Crippen molar-refractivity contribution in [2.24, 2.45) is 0 Å². The average molecular weight is 439 g/mol. The van der Waals surface area contributed by atoms with Crippen LogP contribution in [-0.4, -0.2) is 18.4 Å². The predicted molar refractivity (Wildman–Crippen MR) is 114 cm³/mol. The van der Waals surface area contributed by atoms with Gasteiger partial charge in [-0.1, -0.05) is 46.3 Å². The number of carbonyl (C=O) groups excluding carboxylic acids is 2. The van der Waals surface area contributed by atoms with Crippen molar-refractivity contribution < 1.29 is 14.3 Å². The molecule has 3 aromatic carbocycles. The van der Waals surface area contributed by atoms with Gasteiger partial charge in [0.2, 0.25) is 0 Å². The van der Waals surface area contributed by atoms with Gasteiger partial charge in [-0.2, -0.15) is 0 Å². The summed E-state index contributed by atoms with van der Waals surface area (Å²) in [6.45, 7) is 2.30. The maximum atomic E-state index is 12.9. The van der Waals surface area contributed by atoms with Crippen molar-refractivity contribution in [1.29, 1.82) is 0 Å². The molecule has 0 fully saturated rings. The van der Waals surface area contributed by atoms with E-state index in [1.807, 2.05) is 31.2 Å². The minimum absolute atomic E-state index is 0.304. The third-order valence-corrected chi connectivity index (χ3v) is 4.43. The van der Waals surface area contributed by atoms with E-state index in [2.05, 4.69) is 26.6 Å². The van der Waals surface area contributed by atoms with Crippen LogP contribution >= 0.6 is 15.9 Å². The number of carbonyl (C=O) groups is 2. The van der Waals surface area contributed by atoms with Gasteiger partial charge in [-0.05, 0) is 49.4 Å². The summed E-state index contributed by atoms with van der Waals surface area (Å²) >= 11 is 3.38. The molecule has 5 nitrogen and oxygen atoms in total.